The predicted molar refractivity (Wildman–Crippen MR) is 74.1 cm³/mol. The summed E-state index contributed by atoms with van der Waals surface area (Å²) in [6.07, 6.45) is 3.11. The molecule has 0 aliphatic rings. The SMILES string of the molecule is CCOCCOC(=O)C=Cc1ccc(OCC)cc1. The number of esters is 1. The van der Waals surface area contributed by atoms with Gasteiger partial charge in [-0.1, -0.05) is 12.1 Å². The van der Waals surface area contributed by atoms with Gasteiger partial charge >= 0.3 is 5.97 Å². The van der Waals surface area contributed by atoms with E-state index >= 15 is 0 Å². The van der Waals surface area contributed by atoms with E-state index in [2.05, 4.69) is 0 Å². The molecule has 0 saturated heterocycles. The van der Waals surface area contributed by atoms with Crippen molar-refractivity contribution >= 4 is 12.0 Å². The Morgan fingerprint density at radius 2 is 1.84 bits per heavy atom. The van der Waals surface area contributed by atoms with Gasteiger partial charge in [0.2, 0.25) is 0 Å². The van der Waals surface area contributed by atoms with Gasteiger partial charge in [-0.25, -0.2) is 4.79 Å². The molecule has 19 heavy (non-hydrogen) atoms. The van der Waals surface area contributed by atoms with Crippen LogP contribution >= 0.6 is 0 Å². The van der Waals surface area contributed by atoms with Crippen molar-refractivity contribution in [1.29, 1.82) is 0 Å². The number of benzene rings is 1. The van der Waals surface area contributed by atoms with E-state index in [-0.39, 0.29) is 12.6 Å². The van der Waals surface area contributed by atoms with Gasteiger partial charge in [-0.15, -0.1) is 0 Å². The zero-order valence-electron chi connectivity index (χ0n) is 11.4. The summed E-state index contributed by atoms with van der Waals surface area (Å²) in [6, 6.07) is 7.50. The van der Waals surface area contributed by atoms with Gasteiger partial charge in [-0.2, -0.15) is 0 Å². The summed E-state index contributed by atoms with van der Waals surface area (Å²) in [5.41, 5.74) is 0.921. The molecule has 4 heteroatoms. The van der Waals surface area contributed by atoms with Crippen molar-refractivity contribution in [2.24, 2.45) is 0 Å². The van der Waals surface area contributed by atoms with Crippen molar-refractivity contribution in [3.05, 3.63) is 35.9 Å². The minimum Gasteiger partial charge on any atom is -0.494 e. The van der Waals surface area contributed by atoms with E-state index in [9.17, 15) is 4.79 Å². The number of ether oxygens (including phenoxy) is 3. The Bertz CT molecular complexity index is 395. The summed E-state index contributed by atoms with van der Waals surface area (Å²) in [7, 11) is 0. The molecule has 0 saturated carbocycles. The smallest absolute Gasteiger partial charge is 0.330 e. The lowest BCUT2D eigenvalue weighted by Crippen LogP contribution is -2.08. The summed E-state index contributed by atoms with van der Waals surface area (Å²) < 4.78 is 15.4. The fourth-order valence-electron chi connectivity index (χ4n) is 1.40. The van der Waals surface area contributed by atoms with Gasteiger partial charge in [0, 0.05) is 12.7 Å². The highest BCUT2D eigenvalue weighted by Gasteiger charge is 1.97. The van der Waals surface area contributed by atoms with Gasteiger partial charge in [-0.3, -0.25) is 0 Å². The lowest BCUT2D eigenvalue weighted by Gasteiger charge is -2.03. The number of hydrogen-bond donors (Lipinski definition) is 0. The molecule has 0 bridgehead atoms. The van der Waals surface area contributed by atoms with Crippen LogP contribution in [-0.4, -0.2) is 32.4 Å². The number of hydrogen-bond acceptors (Lipinski definition) is 4. The van der Waals surface area contributed by atoms with E-state index in [0.29, 0.717) is 19.8 Å². The van der Waals surface area contributed by atoms with Crippen LogP contribution in [0.5, 0.6) is 5.75 Å². The number of carbonyl (C=O) groups excluding carboxylic acids is 1. The maximum absolute atomic E-state index is 11.4. The van der Waals surface area contributed by atoms with E-state index in [1.165, 1.54) is 6.08 Å². The molecule has 104 valence electrons. The molecule has 0 aliphatic carbocycles. The monoisotopic (exact) mass is 264 g/mol. The summed E-state index contributed by atoms with van der Waals surface area (Å²) >= 11 is 0. The Kier molecular flexibility index (Phi) is 7.35. The van der Waals surface area contributed by atoms with Crippen molar-refractivity contribution in [3.63, 3.8) is 0 Å². The normalized spacial score (nSPS) is 10.6. The molecule has 0 N–H and O–H groups in total. The quantitative estimate of drug-likeness (QED) is 0.411. The molecule has 0 atom stereocenters. The van der Waals surface area contributed by atoms with Crippen LogP contribution in [0.15, 0.2) is 30.3 Å². The lowest BCUT2D eigenvalue weighted by atomic mass is 10.2. The second-order valence-electron chi connectivity index (χ2n) is 3.70. The van der Waals surface area contributed by atoms with Gasteiger partial charge in [0.1, 0.15) is 12.4 Å². The van der Waals surface area contributed by atoms with E-state index in [1.54, 1.807) is 6.08 Å². The van der Waals surface area contributed by atoms with Crippen molar-refractivity contribution < 1.29 is 19.0 Å². The summed E-state index contributed by atoms with van der Waals surface area (Å²) in [5.74, 6) is 0.451. The van der Waals surface area contributed by atoms with E-state index in [0.717, 1.165) is 11.3 Å². The molecular weight excluding hydrogens is 244 g/mol. The number of rotatable bonds is 8. The van der Waals surface area contributed by atoms with E-state index in [4.69, 9.17) is 14.2 Å². The fraction of sp³-hybridized carbons (Fsp3) is 0.400. The fourth-order valence-corrected chi connectivity index (χ4v) is 1.40. The summed E-state index contributed by atoms with van der Waals surface area (Å²) in [5, 5.41) is 0. The molecule has 0 heterocycles. The minimum absolute atomic E-state index is 0.278. The average molecular weight is 264 g/mol. The third-order valence-corrected chi connectivity index (χ3v) is 2.28. The molecule has 0 spiro atoms. The molecule has 0 aromatic heterocycles. The molecule has 0 unspecified atom stereocenters. The largest absolute Gasteiger partial charge is 0.494 e. The topological polar surface area (TPSA) is 44.8 Å². The lowest BCUT2D eigenvalue weighted by molar-refractivity contribution is -0.139. The van der Waals surface area contributed by atoms with Gasteiger partial charge in [0.25, 0.3) is 0 Å². The zero-order valence-corrected chi connectivity index (χ0v) is 11.4. The first kappa shape index (κ1) is 15.2. The Labute approximate surface area is 114 Å². The Balaban J connectivity index is 2.36. The maximum atomic E-state index is 11.4. The van der Waals surface area contributed by atoms with Gasteiger partial charge in [0.15, 0.2) is 0 Å². The zero-order chi connectivity index (χ0) is 13.9. The third-order valence-electron chi connectivity index (χ3n) is 2.28. The van der Waals surface area contributed by atoms with E-state index < -0.39 is 0 Å². The second-order valence-corrected chi connectivity index (χ2v) is 3.70. The van der Waals surface area contributed by atoms with Crippen LogP contribution in [0.1, 0.15) is 19.4 Å². The van der Waals surface area contributed by atoms with Crippen LogP contribution in [0, 0.1) is 0 Å². The van der Waals surface area contributed by atoms with Crippen molar-refractivity contribution in [1.82, 2.24) is 0 Å². The Morgan fingerprint density at radius 3 is 2.47 bits per heavy atom. The van der Waals surface area contributed by atoms with Crippen LogP contribution in [0.25, 0.3) is 6.08 Å². The van der Waals surface area contributed by atoms with Crippen molar-refractivity contribution in [2.75, 3.05) is 26.4 Å². The molecule has 0 radical (unpaired) electrons. The molecule has 1 aromatic carbocycles. The first-order valence-corrected chi connectivity index (χ1v) is 6.41. The van der Waals surface area contributed by atoms with Crippen LogP contribution in [0.3, 0.4) is 0 Å². The highest BCUT2D eigenvalue weighted by atomic mass is 16.6. The van der Waals surface area contributed by atoms with Crippen LogP contribution < -0.4 is 4.74 Å². The standard InChI is InChI=1S/C15H20O4/c1-3-17-11-12-19-15(16)10-7-13-5-8-14(9-6-13)18-4-2/h5-10H,3-4,11-12H2,1-2H3. The van der Waals surface area contributed by atoms with Gasteiger partial charge < -0.3 is 14.2 Å². The Hall–Kier alpha value is -1.81. The van der Waals surface area contributed by atoms with Gasteiger partial charge in [0.05, 0.1) is 13.2 Å². The molecule has 1 aromatic rings. The molecule has 1 rings (SSSR count). The average Bonchev–Trinajstić information content (AvgIpc) is 2.43. The summed E-state index contributed by atoms with van der Waals surface area (Å²) in [6.45, 7) is 5.81. The molecule has 0 amide bonds. The van der Waals surface area contributed by atoms with Crippen LogP contribution in [0.4, 0.5) is 0 Å². The predicted octanol–water partition coefficient (Wildman–Crippen LogP) is 2.68. The van der Waals surface area contributed by atoms with Crippen molar-refractivity contribution in [3.8, 4) is 5.75 Å². The number of carbonyl (C=O) groups is 1. The van der Waals surface area contributed by atoms with Crippen LogP contribution in [-0.2, 0) is 14.3 Å². The second kappa shape index (κ2) is 9.16. The molecule has 4 nitrogen and oxygen atoms in total. The molecular formula is C15H20O4. The first-order valence-electron chi connectivity index (χ1n) is 6.41. The summed E-state index contributed by atoms with van der Waals surface area (Å²) in [4.78, 5) is 11.4. The third kappa shape index (κ3) is 6.62. The Morgan fingerprint density at radius 1 is 1.11 bits per heavy atom. The van der Waals surface area contributed by atoms with Crippen molar-refractivity contribution in [2.45, 2.75) is 13.8 Å². The van der Waals surface area contributed by atoms with Crippen LogP contribution in [0.2, 0.25) is 0 Å². The van der Waals surface area contributed by atoms with E-state index in [1.807, 2.05) is 38.1 Å². The molecule has 0 fully saturated rings. The first-order chi connectivity index (χ1) is 9.26. The minimum atomic E-state index is -0.367. The van der Waals surface area contributed by atoms with Gasteiger partial charge in [-0.05, 0) is 37.6 Å². The molecule has 0 aliphatic heterocycles. The highest BCUT2D eigenvalue weighted by Crippen LogP contribution is 2.12. The highest BCUT2D eigenvalue weighted by molar-refractivity contribution is 5.87. The maximum Gasteiger partial charge on any atom is 0.330 e.